The highest BCUT2D eigenvalue weighted by molar-refractivity contribution is 6.05. The number of carbonyl (C=O) groups excluding carboxylic acids is 2. The van der Waals surface area contributed by atoms with Gasteiger partial charge >= 0.3 is 0 Å². The second kappa shape index (κ2) is 7.54. The lowest BCUT2D eigenvalue weighted by Gasteiger charge is -2.23. The summed E-state index contributed by atoms with van der Waals surface area (Å²) in [4.78, 5) is 27.8. The summed E-state index contributed by atoms with van der Waals surface area (Å²) in [6.07, 6.45) is 3.15. The molecule has 3 N–H and O–H groups in total. The first kappa shape index (κ1) is 18.9. The summed E-state index contributed by atoms with van der Waals surface area (Å²) < 4.78 is 1.55. The molecule has 0 saturated carbocycles. The summed E-state index contributed by atoms with van der Waals surface area (Å²) >= 11 is 0. The number of nitrogens with two attached hydrogens (primary N) is 1. The maximum atomic E-state index is 13.2. The van der Waals surface area contributed by atoms with Crippen molar-refractivity contribution in [2.24, 2.45) is 0 Å². The minimum absolute atomic E-state index is 0.0672. The number of carbonyl (C=O) groups is 2. The van der Waals surface area contributed by atoms with E-state index in [0.29, 0.717) is 24.3 Å². The Balaban J connectivity index is 1.55. The molecule has 0 bridgehead atoms. The van der Waals surface area contributed by atoms with E-state index < -0.39 is 6.04 Å². The predicted octanol–water partition coefficient (Wildman–Crippen LogP) is 2.21. The smallest absolute Gasteiger partial charge is 0.227 e. The Morgan fingerprint density at radius 1 is 1.24 bits per heavy atom. The molecule has 1 aliphatic heterocycles. The minimum atomic E-state index is -0.509. The van der Waals surface area contributed by atoms with Gasteiger partial charge in [-0.1, -0.05) is 18.2 Å². The van der Waals surface area contributed by atoms with Gasteiger partial charge in [0.05, 0.1) is 35.6 Å². The number of ketones is 1. The summed E-state index contributed by atoms with van der Waals surface area (Å²) in [6.45, 7) is 4.34. The second-order valence-corrected chi connectivity index (χ2v) is 7.39. The van der Waals surface area contributed by atoms with Crippen LogP contribution in [0.15, 0.2) is 36.5 Å². The van der Waals surface area contributed by atoms with Gasteiger partial charge < -0.3 is 10.6 Å². The summed E-state index contributed by atoms with van der Waals surface area (Å²) in [7, 11) is 0. The van der Waals surface area contributed by atoms with Gasteiger partial charge in [0.2, 0.25) is 5.91 Å². The van der Waals surface area contributed by atoms with Crippen molar-refractivity contribution < 1.29 is 9.59 Å². The Bertz CT molecular complexity index is 1030. The maximum Gasteiger partial charge on any atom is 0.227 e. The molecular weight excluding hydrogens is 368 g/mol. The number of amides is 1. The fourth-order valence-corrected chi connectivity index (χ4v) is 3.93. The van der Waals surface area contributed by atoms with Gasteiger partial charge in [0.15, 0.2) is 5.78 Å². The molecule has 0 aliphatic carbocycles. The lowest BCUT2D eigenvalue weighted by molar-refractivity contribution is -0.130. The molecule has 1 amide bonds. The van der Waals surface area contributed by atoms with Crippen molar-refractivity contribution in [2.45, 2.75) is 39.2 Å². The number of aromatic nitrogens is 4. The van der Waals surface area contributed by atoms with Gasteiger partial charge in [0.1, 0.15) is 5.82 Å². The first-order chi connectivity index (χ1) is 14.0. The quantitative estimate of drug-likeness (QED) is 0.647. The first-order valence-electron chi connectivity index (χ1n) is 9.70. The van der Waals surface area contributed by atoms with Crippen LogP contribution in [0.2, 0.25) is 0 Å². The number of anilines is 1. The number of nitrogens with zero attached hydrogens (tertiary/aromatic N) is 4. The Morgan fingerprint density at radius 3 is 2.69 bits per heavy atom. The number of Topliss-reactive ketones (excluding diaryl/α,β-unsaturated/α-hetero) is 1. The highest BCUT2D eigenvalue weighted by atomic mass is 16.2. The van der Waals surface area contributed by atoms with Crippen LogP contribution < -0.4 is 5.73 Å². The van der Waals surface area contributed by atoms with Gasteiger partial charge in [-0.15, -0.1) is 0 Å². The topological polar surface area (TPSA) is 110 Å². The number of para-hydroxylation sites is 1. The first-order valence-corrected chi connectivity index (χ1v) is 9.70. The third-order valence-corrected chi connectivity index (χ3v) is 5.56. The lowest BCUT2D eigenvalue weighted by atomic mass is 10.0. The normalized spacial score (nSPS) is 16.3. The van der Waals surface area contributed by atoms with Crippen LogP contribution in [0.4, 0.5) is 5.82 Å². The van der Waals surface area contributed by atoms with E-state index in [-0.39, 0.29) is 18.1 Å². The van der Waals surface area contributed by atoms with E-state index in [1.807, 2.05) is 44.2 Å². The van der Waals surface area contributed by atoms with Gasteiger partial charge in [-0.05, 0) is 38.8 Å². The van der Waals surface area contributed by atoms with E-state index in [1.54, 1.807) is 9.58 Å². The molecule has 1 aromatic carbocycles. The molecule has 29 heavy (non-hydrogen) atoms. The number of hydrogen-bond donors (Lipinski definition) is 2. The summed E-state index contributed by atoms with van der Waals surface area (Å²) in [5.74, 6) is 0.0701. The highest BCUT2D eigenvalue weighted by Gasteiger charge is 2.36. The Labute approximate surface area is 168 Å². The fourth-order valence-electron chi connectivity index (χ4n) is 3.93. The SMILES string of the molecule is Cc1n[nH]c(C)c1CC(=O)N1CCC[C@H]1C(=O)c1cnn(-c2ccccc2)c1N. The molecule has 1 atom stereocenters. The molecule has 0 spiro atoms. The third kappa shape index (κ3) is 3.41. The fraction of sp³-hybridized carbons (Fsp3) is 0.333. The highest BCUT2D eigenvalue weighted by Crippen LogP contribution is 2.26. The summed E-state index contributed by atoms with van der Waals surface area (Å²) in [5, 5.41) is 11.3. The number of hydrogen-bond acceptors (Lipinski definition) is 5. The number of benzene rings is 1. The molecule has 2 aromatic heterocycles. The number of aromatic amines is 1. The lowest BCUT2D eigenvalue weighted by Crippen LogP contribution is -2.41. The van der Waals surface area contributed by atoms with Crippen LogP contribution in [0.1, 0.15) is 40.2 Å². The van der Waals surface area contributed by atoms with Crippen LogP contribution in [-0.4, -0.2) is 49.2 Å². The van der Waals surface area contributed by atoms with E-state index in [9.17, 15) is 9.59 Å². The number of aryl methyl sites for hydroxylation is 2. The number of likely N-dealkylation sites (tertiary alicyclic amines) is 1. The van der Waals surface area contributed by atoms with Crippen LogP contribution in [0.5, 0.6) is 0 Å². The van der Waals surface area contributed by atoms with E-state index in [4.69, 9.17) is 5.73 Å². The minimum Gasteiger partial charge on any atom is -0.383 e. The molecule has 1 saturated heterocycles. The zero-order valence-corrected chi connectivity index (χ0v) is 16.6. The van der Waals surface area contributed by atoms with E-state index in [0.717, 1.165) is 29.1 Å². The number of H-pyrrole nitrogens is 1. The van der Waals surface area contributed by atoms with Gasteiger partial charge in [-0.3, -0.25) is 14.7 Å². The average molecular weight is 392 g/mol. The number of nitrogen functional groups attached to an aromatic ring is 1. The molecule has 4 rings (SSSR count). The molecule has 8 nitrogen and oxygen atoms in total. The molecular formula is C21H24N6O2. The van der Waals surface area contributed by atoms with Crippen molar-refractivity contribution in [1.82, 2.24) is 24.9 Å². The van der Waals surface area contributed by atoms with Crippen molar-refractivity contribution in [3.8, 4) is 5.69 Å². The largest absolute Gasteiger partial charge is 0.383 e. The predicted molar refractivity (Wildman–Crippen MR) is 109 cm³/mol. The van der Waals surface area contributed by atoms with Crippen LogP contribution in [0, 0.1) is 13.8 Å². The van der Waals surface area contributed by atoms with Crippen LogP contribution in [0.25, 0.3) is 5.69 Å². The Morgan fingerprint density at radius 2 is 2.00 bits per heavy atom. The maximum absolute atomic E-state index is 13.2. The molecule has 8 heteroatoms. The van der Waals surface area contributed by atoms with Crippen molar-refractivity contribution in [2.75, 3.05) is 12.3 Å². The van der Waals surface area contributed by atoms with E-state index in [2.05, 4.69) is 15.3 Å². The molecule has 1 fully saturated rings. The Hall–Kier alpha value is -3.42. The molecule has 0 unspecified atom stereocenters. The monoisotopic (exact) mass is 392 g/mol. The van der Waals surface area contributed by atoms with Crippen molar-refractivity contribution in [3.05, 3.63) is 59.0 Å². The van der Waals surface area contributed by atoms with E-state index in [1.165, 1.54) is 6.20 Å². The van der Waals surface area contributed by atoms with Gasteiger partial charge in [0, 0.05) is 17.8 Å². The van der Waals surface area contributed by atoms with Gasteiger partial charge in [-0.2, -0.15) is 10.2 Å². The Kier molecular flexibility index (Phi) is 4.92. The average Bonchev–Trinajstić information content (AvgIpc) is 3.43. The number of rotatable bonds is 5. The van der Waals surface area contributed by atoms with Crippen LogP contribution >= 0.6 is 0 Å². The molecule has 150 valence electrons. The zero-order chi connectivity index (χ0) is 20.5. The second-order valence-electron chi connectivity index (χ2n) is 7.39. The molecule has 3 aromatic rings. The summed E-state index contributed by atoms with van der Waals surface area (Å²) in [6, 6.07) is 8.91. The van der Waals surface area contributed by atoms with Gasteiger partial charge in [0.25, 0.3) is 0 Å². The van der Waals surface area contributed by atoms with Crippen LogP contribution in [-0.2, 0) is 11.2 Å². The number of nitrogens with one attached hydrogen (secondary N) is 1. The third-order valence-electron chi connectivity index (χ3n) is 5.56. The standard InChI is InChI=1S/C21H24N6O2/c1-13-16(14(2)25-24-13)11-19(28)26-10-6-9-18(26)20(29)17-12-23-27(21(17)22)15-7-4-3-5-8-15/h3-5,7-8,12,18H,6,9-11,22H2,1-2H3,(H,24,25)/t18-/m0/s1. The molecule has 1 aliphatic rings. The van der Waals surface area contributed by atoms with Crippen LogP contribution in [0.3, 0.4) is 0 Å². The van der Waals surface area contributed by atoms with Gasteiger partial charge in [-0.25, -0.2) is 4.68 Å². The molecule has 3 heterocycles. The van der Waals surface area contributed by atoms with Crippen molar-refractivity contribution >= 4 is 17.5 Å². The molecule has 0 radical (unpaired) electrons. The van der Waals surface area contributed by atoms with E-state index >= 15 is 0 Å². The zero-order valence-electron chi connectivity index (χ0n) is 16.6. The van der Waals surface area contributed by atoms with Crippen molar-refractivity contribution in [3.63, 3.8) is 0 Å². The summed E-state index contributed by atoms with van der Waals surface area (Å²) in [5.41, 5.74) is 9.97. The van der Waals surface area contributed by atoms with Crippen molar-refractivity contribution in [1.29, 1.82) is 0 Å².